The Balaban J connectivity index is 1.77. The Labute approximate surface area is 127 Å². The Kier molecular flexibility index (Phi) is 3.72. The number of hydrogen-bond donors (Lipinski definition) is 2. The van der Waals surface area contributed by atoms with Crippen LogP contribution in [0.1, 0.15) is 24.4 Å². The number of halogens is 1. The molecule has 0 aliphatic heterocycles. The molecule has 2 aliphatic rings. The third-order valence-electron chi connectivity index (χ3n) is 4.37. The van der Waals surface area contributed by atoms with E-state index in [9.17, 15) is 14.7 Å². The third kappa shape index (κ3) is 2.68. The average Bonchev–Trinajstić information content (AvgIpc) is 3.08. The quantitative estimate of drug-likeness (QED) is 0.841. The fourth-order valence-electron chi connectivity index (χ4n) is 3.31. The maximum atomic E-state index is 12.4. The predicted octanol–water partition coefficient (Wildman–Crippen LogP) is 2.79. The molecular formula is C16H16ClNO3. The lowest BCUT2D eigenvalue weighted by molar-refractivity contribution is -0.142. The van der Waals surface area contributed by atoms with Crippen molar-refractivity contribution in [2.75, 3.05) is 0 Å². The lowest BCUT2D eigenvalue weighted by atomic mass is 9.92. The van der Waals surface area contributed by atoms with Crippen molar-refractivity contribution >= 4 is 23.5 Å². The molecule has 0 saturated heterocycles. The van der Waals surface area contributed by atoms with Gasteiger partial charge < -0.3 is 10.4 Å². The number of aliphatic carboxylic acids is 1. The van der Waals surface area contributed by atoms with Crippen LogP contribution in [-0.4, -0.2) is 17.0 Å². The SMILES string of the molecule is O=C(N[C@@H](C(=O)O)c1ccccc1Cl)C1CC2C=CC1C2. The van der Waals surface area contributed by atoms with E-state index in [1.165, 1.54) is 0 Å². The van der Waals surface area contributed by atoms with E-state index in [0.717, 1.165) is 12.8 Å². The van der Waals surface area contributed by atoms with Crippen molar-refractivity contribution < 1.29 is 14.7 Å². The summed E-state index contributed by atoms with van der Waals surface area (Å²) in [6, 6.07) is 5.59. The first-order chi connectivity index (χ1) is 10.1. The van der Waals surface area contributed by atoms with Crippen molar-refractivity contribution in [2.24, 2.45) is 17.8 Å². The smallest absolute Gasteiger partial charge is 0.330 e. The summed E-state index contributed by atoms with van der Waals surface area (Å²) < 4.78 is 0. The maximum absolute atomic E-state index is 12.4. The van der Waals surface area contributed by atoms with Gasteiger partial charge in [-0.05, 0) is 30.7 Å². The van der Waals surface area contributed by atoms with Gasteiger partial charge in [-0.25, -0.2) is 4.79 Å². The molecule has 0 heterocycles. The maximum Gasteiger partial charge on any atom is 0.330 e. The zero-order chi connectivity index (χ0) is 15.0. The van der Waals surface area contributed by atoms with Gasteiger partial charge in [0.1, 0.15) is 0 Å². The van der Waals surface area contributed by atoms with E-state index >= 15 is 0 Å². The number of carbonyl (C=O) groups is 2. The van der Waals surface area contributed by atoms with Crippen molar-refractivity contribution in [3.8, 4) is 0 Å². The lowest BCUT2D eigenvalue weighted by Gasteiger charge is -2.22. The number of benzene rings is 1. The Morgan fingerprint density at radius 1 is 1.24 bits per heavy atom. The highest BCUT2D eigenvalue weighted by Crippen LogP contribution is 2.43. The fraction of sp³-hybridized carbons (Fsp3) is 0.375. The van der Waals surface area contributed by atoms with Crippen LogP contribution < -0.4 is 5.32 Å². The van der Waals surface area contributed by atoms with Gasteiger partial charge in [0.25, 0.3) is 0 Å². The van der Waals surface area contributed by atoms with E-state index in [-0.39, 0.29) is 17.7 Å². The molecule has 3 unspecified atom stereocenters. The highest BCUT2D eigenvalue weighted by atomic mass is 35.5. The van der Waals surface area contributed by atoms with Crippen molar-refractivity contribution in [3.05, 3.63) is 47.0 Å². The zero-order valence-corrected chi connectivity index (χ0v) is 12.1. The number of fused-ring (bicyclic) bond motifs is 2. The van der Waals surface area contributed by atoms with Gasteiger partial charge in [-0.3, -0.25) is 4.79 Å². The molecule has 1 aromatic rings. The summed E-state index contributed by atoms with van der Waals surface area (Å²) in [4.78, 5) is 23.9. The van der Waals surface area contributed by atoms with E-state index in [4.69, 9.17) is 11.6 Å². The molecule has 3 rings (SSSR count). The topological polar surface area (TPSA) is 66.4 Å². The van der Waals surface area contributed by atoms with Crippen LogP contribution in [-0.2, 0) is 9.59 Å². The molecule has 4 atom stereocenters. The van der Waals surface area contributed by atoms with Crippen LogP contribution in [0.25, 0.3) is 0 Å². The number of carbonyl (C=O) groups excluding carboxylic acids is 1. The number of amides is 1. The third-order valence-corrected chi connectivity index (χ3v) is 4.71. The molecule has 0 spiro atoms. The van der Waals surface area contributed by atoms with Crippen LogP contribution in [0.4, 0.5) is 0 Å². The van der Waals surface area contributed by atoms with Crippen LogP contribution in [0, 0.1) is 17.8 Å². The summed E-state index contributed by atoms with van der Waals surface area (Å²) in [6.07, 6.45) is 6.03. The van der Waals surface area contributed by atoms with Gasteiger partial charge in [0, 0.05) is 16.5 Å². The Morgan fingerprint density at radius 3 is 2.57 bits per heavy atom. The Bertz CT molecular complexity index is 613. The summed E-state index contributed by atoms with van der Waals surface area (Å²) in [5.74, 6) is -0.705. The second kappa shape index (κ2) is 5.53. The average molecular weight is 306 g/mol. The summed E-state index contributed by atoms with van der Waals surface area (Å²) in [7, 11) is 0. The van der Waals surface area contributed by atoms with Crippen molar-refractivity contribution in [1.29, 1.82) is 0 Å². The van der Waals surface area contributed by atoms with E-state index in [0.29, 0.717) is 16.5 Å². The molecule has 1 saturated carbocycles. The van der Waals surface area contributed by atoms with Crippen LogP contribution in [0.15, 0.2) is 36.4 Å². The van der Waals surface area contributed by atoms with Gasteiger partial charge in [0.05, 0.1) is 0 Å². The van der Waals surface area contributed by atoms with E-state index in [1.54, 1.807) is 24.3 Å². The minimum atomic E-state index is -1.10. The number of carboxylic acids is 1. The van der Waals surface area contributed by atoms with Gasteiger partial charge in [0.15, 0.2) is 6.04 Å². The van der Waals surface area contributed by atoms with Gasteiger partial charge in [-0.2, -0.15) is 0 Å². The van der Waals surface area contributed by atoms with Crippen LogP contribution in [0.3, 0.4) is 0 Å². The second-order valence-corrected chi connectivity index (χ2v) is 6.10. The molecule has 110 valence electrons. The van der Waals surface area contributed by atoms with Crippen molar-refractivity contribution in [3.63, 3.8) is 0 Å². The monoisotopic (exact) mass is 305 g/mol. The van der Waals surface area contributed by atoms with E-state index in [2.05, 4.69) is 17.5 Å². The summed E-state index contributed by atoms with van der Waals surface area (Å²) >= 11 is 6.04. The predicted molar refractivity (Wildman–Crippen MR) is 78.8 cm³/mol. The van der Waals surface area contributed by atoms with Crippen LogP contribution >= 0.6 is 11.6 Å². The van der Waals surface area contributed by atoms with Gasteiger partial charge in [-0.15, -0.1) is 0 Å². The first-order valence-corrected chi connectivity index (χ1v) is 7.40. The molecule has 1 aromatic carbocycles. The molecule has 2 bridgehead atoms. The summed E-state index contributed by atoms with van der Waals surface area (Å²) in [5.41, 5.74) is 0.415. The fourth-order valence-corrected chi connectivity index (χ4v) is 3.56. The summed E-state index contributed by atoms with van der Waals surface area (Å²) in [5, 5.41) is 12.4. The molecule has 1 amide bonds. The van der Waals surface area contributed by atoms with Crippen molar-refractivity contribution in [1.82, 2.24) is 5.32 Å². The molecule has 2 N–H and O–H groups in total. The highest BCUT2D eigenvalue weighted by Gasteiger charge is 2.41. The summed E-state index contributed by atoms with van der Waals surface area (Å²) in [6.45, 7) is 0. The van der Waals surface area contributed by atoms with Crippen LogP contribution in [0.5, 0.6) is 0 Å². The molecule has 0 aromatic heterocycles. The zero-order valence-electron chi connectivity index (χ0n) is 11.3. The minimum Gasteiger partial charge on any atom is -0.479 e. The van der Waals surface area contributed by atoms with Crippen molar-refractivity contribution in [2.45, 2.75) is 18.9 Å². The Hall–Kier alpha value is -1.81. The minimum absolute atomic E-state index is 0.121. The lowest BCUT2D eigenvalue weighted by Crippen LogP contribution is -2.39. The largest absolute Gasteiger partial charge is 0.479 e. The molecule has 5 heteroatoms. The van der Waals surface area contributed by atoms with Crippen LogP contribution in [0.2, 0.25) is 5.02 Å². The van der Waals surface area contributed by atoms with Gasteiger partial charge in [0.2, 0.25) is 5.91 Å². The Morgan fingerprint density at radius 2 is 2.00 bits per heavy atom. The van der Waals surface area contributed by atoms with Gasteiger partial charge in [-0.1, -0.05) is 42.0 Å². The molecule has 2 aliphatic carbocycles. The number of nitrogens with one attached hydrogen (secondary N) is 1. The molecule has 0 radical (unpaired) electrons. The number of allylic oxidation sites excluding steroid dienone is 2. The normalized spacial score (nSPS) is 27.6. The molecule has 4 nitrogen and oxygen atoms in total. The molecule has 21 heavy (non-hydrogen) atoms. The van der Waals surface area contributed by atoms with E-state index < -0.39 is 12.0 Å². The molecule has 1 fully saturated rings. The van der Waals surface area contributed by atoms with E-state index in [1.807, 2.05) is 0 Å². The first-order valence-electron chi connectivity index (χ1n) is 7.02. The number of hydrogen-bond acceptors (Lipinski definition) is 2. The standard InChI is InChI=1S/C16H16ClNO3/c17-13-4-2-1-3-11(13)14(16(20)21)18-15(19)12-8-9-5-6-10(12)7-9/h1-6,9-10,12,14H,7-8H2,(H,18,19)(H,20,21)/t9?,10?,12?,14-/m1/s1. The second-order valence-electron chi connectivity index (χ2n) is 5.69. The van der Waals surface area contributed by atoms with Gasteiger partial charge >= 0.3 is 5.97 Å². The highest BCUT2D eigenvalue weighted by molar-refractivity contribution is 6.31. The number of carboxylic acid groups (broad SMARTS) is 1. The number of rotatable bonds is 4. The first kappa shape index (κ1) is 14.1. The molecular weight excluding hydrogens is 290 g/mol.